The zero-order chi connectivity index (χ0) is 28.4. The number of sulfonamides is 1. The van der Waals surface area contributed by atoms with Gasteiger partial charge in [0.05, 0.1) is 29.0 Å². The molecule has 4 aromatic rings. The van der Waals surface area contributed by atoms with Gasteiger partial charge in [-0.15, -0.1) is 15.6 Å². The van der Waals surface area contributed by atoms with Crippen LogP contribution in [-0.4, -0.2) is 65.5 Å². The van der Waals surface area contributed by atoms with Crippen molar-refractivity contribution >= 4 is 50.6 Å². The number of likely N-dealkylation sites (N-methyl/N-ethyl adjacent to an activating group) is 1. The van der Waals surface area contributed by atoms with Crippen molar-refractivity contribution in [2.24, 2.45) is 0 Å². The highest BCUT2D eigenvalue weighted by molar-refractivity contribution is 7.93. The van der Waals surface area contributed by atoms with E-state index in [1.165, 1.54) is 16.5 Å². The van der Waals surface area contributed by atoms with Gasteiger partial charge in [-0.1, -0.05) is 41.9 Å². The molecule has 1 fully saturated rings. The van der Waals surface area contributed by atoms with Crippen molar-refractivity contribution in [2.75, 3.05) is 29.3 Å². The van der Waals surface area contributed by atoms with Crippen molar-refractivity contribution in [3.63, 3.8) is 0 Å². The highest BCUT2D eigenvalue weighted by Gasteiger charge is 2.36. The van der Waals surface area contributed by atoms with E-state index >= 15 is 4.39 Å². The second kappa shape index (κ2) is 11.5. The lowest BCUT2D eigenvalue weighted by Crippen LogP contribution is -2.37. The summed E-state index contributed by atoms with van der Waals surface area (Å²) in [4.78, 5) is 18.8. The third-order valence-electron chi connectivity index (χ3n) is 6.78. The average molecular weight is 605 g/mol. The van der Waals surface area contributed by atoms with E-state index in [-0.39, 0.29) is 21.2 Å². The van der Waals surface area contributed by atoms with Crippen molar-refractivity contribution in [3.05, 3.63) is 87.7 Å². The Hall–Kier alpha value is -3.52. The van der Waals surface area contributed by atoms with Crippen LogP contribution in [-0.2, 0) is 23.1 Å². The first-order valence-electron chi connectivity index (χ1n) is 12.3. The fourth-order valence-corrected chi connectivity index (χ4v) is 7.05. The van der Waals surface area contributed by atoms with Crippen LogP contribution in [0.15, 0.2) is 70.6 Å². The zero-order valence-electron chi connectivity index (χ0n) is 21.4. The molecule has 0 aliphatic carbocycles. The van der Waals surface area contributed by atoms with Crippen LogP contribution in [0.2, 0.25) is 5.02 Å². The number of hydrogen-bond donors (Lipinski definition) is 1. The molecule has 0 unspecified atom stereocenters. The van der Waals surface area contributed by atoms with E-state index in [1.54, 1.807) is 7.05 Å². The Morgan fingerprint density at radius 3 is 2.70 bits per heavy atom. The summed E-state index contributed by atoms with van der Waals surface area (Å²) in [5.41, 5.74) is 3.85. The summed E-state index contributed by atoms with van der Waals surface area (Å²) < 4.78 is 43.4. The molecule has 5 rings (SSSR count). The first-order valence-corrected chi connectivity index (χ1v) is 15.1. The molecule has 3 heterocycles. The molecule has 2 aromatic heterocycles. The summed E-state index contributed by atoms with van der Waals surface area (Å²) in [6.45, 7) is 2.90. The van der Waals surface area contributed by atoms with E-state index in [0.29, 0.717) is 25.3 Å². The molecule has 14 heteroatoms. The second-order valence-corrected chi connectivity index (χ2v) is 12.3. The molecule has 40 heavy (non-hydrogen) atoms. The summed E-state index contributed by atoms with van der Waals surface area (Å²) in [7, 11) is -3.04. The number of carbonyl (C=O) groups is 1. The number of amides is 1. The van der Waals surface area contributed by atoms with Crippen molar-refractivity contribution in [1.82, 2.24) is 19.7 Å². The third-order valence-corrected chi connectivity index (χ3v) is 9.35. The predicted molar refractivity (Wildman–Crippen MR) is 151 cm³/mol. The summed E-state index contributed by atoms with van der Waals surface area (Å²) in [6.07, 6.45) is 2.88. The van der Waals surface area contributed by atoms with Crippen molar-refractivity contribution in [3.8, 4) is 0 Å². The van der Waals surface area contributed by atoms with Crippen LogP contribution < -0.4 is 9.21 Å². The van der Waals surface area contributed by atoms with Crippen molar-refractivity contribution in [1.29, 1.82) is 0 Å². The quantitative estimate of drug-likeness (QED) is 0.291. The number of thiazole rings is 1. The third kappa shape index (κ3) is 5.82. The fraction of sp³-hybridized carbons (Fsp3) is 0.269. The number of nitrogens with zero attached hydrogens (tertiary/aromatic N) is 6. The van der Waals surface area contributed by atoms with E-state index in [1.807, 2.05) is 40.2 Å². The molecule has 10 nitrogen and oxygen atoms in total. The van der Waals surface area contributed by atoms with Gasteiger partial charge in [0.2, 0.25) is 0 Å². The standard InChI is InChI=1S/C26H26ClFN6O4S2/c1-31(20-7-8-32(15-20)12-19-11-30-33(14-19)13-18-5-3-2-4-6-18)23-10-22(28)24(9-21(23)27)40(37,38)34(26(35)36)25-16-39-17-29-25/h2-6,9-11,14,16-17,20H,7-8,12-13,15H2,1H3,(H,35,36)/t20-/m0/s1. The molecule has 0 saturated carbocycles. The average Bonchev–Trinajstić information content (AvgIpc) is 3.69. The van der Waals surface area contributed by atoms with Gasteiger partial charge in [0, 0.05) is 55.9 Å². The number of hydrogen-bond acceptors (Lipinski definition) is 8. The van der Waals surface area contributed by atoms with Gasteiger partial charge in [0.1, 0.15) is 10.7 Å². The maximum Gasteiger partial charge on any atom is 0.427 e. The van der Waals surface area contributed by atoms with Gasteiger partial charge < -0.3 is 10.0 Å². The smallest absolute Gasteiger partial charge is 0.427 e. The Bertz CT molecular complexity index is 1600. The number of aromatic nitrogens is 3. The van der Waals surface area contributed by atoms with E-state index in [9.17, 15) is 18.3 Å². The summed E-state index contributed by atoms with van der Waals surface area (Å²) in [5.74, 6) is -1.45. The van der Waals surface area contributed by atoms with Crippen LogP contribution in [0.3, 0.4) is 0 Å². The Morgan fingerprint density at radius 1 is 1.23 bits per heavy atom. The first kappa shape index (κ1) is 28.0. The fourth-order valence-electron chi connectivity index (χ4n) is 4.79. The monoisotopic (exact) mass is 604 g/mol. The summed E-state index contributed by atoms with van der Waals surface area (Å²) in [6, 6.07) is 12.1. The largest absolute Gasteiger partial charge is 0.464 e. The zero-order valence-corrected chi connectivity index (χ0v) is 23.8. The number of rotatable bonds is 9. The summed E-state index contributed by atoms with van der Waals surface area (Å²) >= 11 is 7.46. The Balaban J connectivity index is 1.27. The van der Waals surface area contributed by atoms with Crippen LogP contribution >= 0.6 is 22.9 Å². The van der Waals surface area contributed by atoms with Crippen molar-refractivity contribution in [2.45, 2.75) is 30.4 Å². The molecule has 1 amide bonds. The van der Waals surface area contributed by atoms with Gasteiger partial charge in [0.15, 0.2) is 5.82 Å². The molecule has 0 bridgehead atoms. The maximum atomic E-state index is 15.2. The molecular formula is C26H26ClFN6O4S2. The number of anilines is 2. The maximum absolute atomic E-state index is 15.2. The SMILES string of the molecule is CN(c1cc(F)c(S(=O)(=O)N(C(=O)O)c2cscn2)cc1Cl)[C@H]1CCN(Cc2cnn(Cc3ccccc3)c2)C1. The van der Waals surface area contributed by atoms with Gasteiger partial charge in [-0.25, -0.2) is 22.6 Å². The molecule has 0 radical (unpaired) electrons. The van der Waals surface area contributed by atoms with E-state index in [2.05, 4.69) is 27.1 Å². The van der Waals surface area contributed by atoms with Gasteiger partial charge in [-0.05, 0) is 18.1 Å². The van der Waals surface area contributed by atoms with Gasteiger partial charge in [0.25, 0.3) is 10.0 Å². The lowest BCUT2D eigenvalue weighted by atomic mass is 10.2. The Labute approximate surface area is 239 Å². The van der Waals surface area contributed by atoms with Crippen LogP contribution in [0.25, 0.3) is 0 Å². The lowest BCUT2D eigenvalue weighted by molar-refractivity contribution is 0.206. The second-order valence-electron chi connectivity index (χ2n) is 9.45. The molecule has 210 valence electrons. The van der Waals surface area contributed by atoms with E-state index < -0.39 is 26.8 Å². The van der Waals surface area contributed by atoms with Crippen LogP contribution in [0.4, 0.5) is 20.7 Å². The minimum Gasteiger partial charge on any atom is -0.464 e. The molecule has 1 saturated heterocycles. The molecule has 0 spiro atoms. The van der Waals surface area contributed by atoms with E-state index in [0.717, 1.165) is 42.0 Å². The number of likely N-dealkylation sites (tertiary alicyclic amines) is 1. The van der Waals surface area contributed by atoms with Gasteiger partial charge in [-0.3, -0.25) is 9.58 Å². The molecule has 1 N–H and O–H groups in total. The topological polar surface area (TPSA) is 112 Å². The molecule has 1 aliphatic rings. The molecular weight excluding hydrogens is 579 g/mol. The molecule has 1 atom stereocenters. The van der Waals surface area contributed by atoms with Crippen LogP contribution in [0.5, 0.6) is 0 Å². The first-order chi connectivity index (χ1) is 19.1. The van der Waals surface area contributed by atoms with Crippen molar-refractivity contribution < 1.29 is 22.7 Å². The minimum absolute atomic E-state index is 0.00393. The minimum atomic E-state index is -4.82. The lowest BCUT2D eigenvalue weighted by Gasteiger charge is -2.28. The van der Waals surface area contributed by atoms with Gasteiger partial charge >= 0.3 is 6.09 Å². The van der Waals surface area contributed by atoms with E-state index in [4.69, 9.17) is 11.6 Å². The highest BCUT2D eigenvalue weighted by atomic mass is 35.5. The number of carboxylic acid groups (broad SMARTS) is 1. The highest BCUT2D eigenvalue weighted by Crippen LogP contribution is 2.35. The molecule has 2 aromatic carbocycles. The molecule has 1 aliphatic heterocycles. The predicted octanol–water partition coefficient (Wildman–Crippen LogP) is 4.76. The Kier molecular flexibility index (Phi) is 8.08. The normalized spacial score (nSPS) is 15.8. The number of halogens is 2. The van der Waals surface area contributed by atoms with Crippen LogP contribution in [0.1, 0.15) is 17.5 Å². The summed E-state index contributed by atoms with van der Waals surface area (Å²) in [5, 5.41) is 15.2. The van der Waals surface area contributed by atoms with Crippen LogP contribution in [0, 0.1) is 5.82 Å². The Morgan fingerprint density at radius 2 is 2.00 bits per heavy atom. The number of benzene rings is 2. The van der Waals surface area contributed by atoms with Gasteiger partial charge in [-0.2, -0.15) is 5.10 Å².